The van der Waals surface area contributed by atoms with E-state index in [1.807, 2.05) is 31.4 Å². The Kier molecular flexibility index (Phi) is 5.08. The van der Waals surface area contributed by atoms with E-state index in [1.165, 1.54) is 48.2 Å². The third-order valence-electron chi connectivity index (χ3n) is 6.37. The highest BCUT2D eigenvalue weighted by molar-refractivity contribution is 7.99. The normalized spacial score (nSPS) is 15.8. The predicted molar refractivity (Wildman–Crippen MR) is 118 cm³/mol. The number of aromatic nitrogens is 3. The molecule has 0 saturated heterocycles. The van der Waals surface area contributed by atoms with Crippen molar-refractivity contribution in [2.45, 2.75) is 56.5 Å². The number of hydrogen-bond acceptors (Lipinski definition) is 3. The van der Waals surface area contributed by atoms with E-state index < -0.39 is 0 Å². The molecule has 0 radical (unpaired) electrons. The molecular weight excluding hydrogens is 378 g/mol. The van der Waals surface area contributed by atoms with Crippen LogP contribution in [0.3, 0.4) is 0 Å². The summed E-state index contributed by atoms with van der Waals surface area (Å²) in [5.74, 6) is 0.660. The minimum absolute atomic E-state index is 0.223. The van der Waals surface area contributed by atoms with E-state index in [-0.39, 0.29) is 5.91 Å². The second kappa shape index (κ2) is 7.86. The monoisotopic (exact) mass is 405 g/mol. The van der Waals surface area contributed by atoms with Gasteiger partial charge in [0, 0.05) is 18.4 Å². The summed E-state index contributed by atoms with van der Waals surface area (Å²) in [4.78, 5) is 17.9. The first kappa shape index (κ1) is 18.7. The molecule has 2 aliphatic rings. The van der Waals surface area contributed by atoms with Crippen LogP contribution in [0.15, 0.2) is 41.7 Å². The van der Waals surface area contributed by atoms with Crippen LogP contribution in [-0.4, -0.2) is 25.8 Å². The number of benzene rings is 1. The van der Waals surface area contributed by atoms with Gasteiger partial charge in [0.05, 0.1) is 17.6 Å². The maximum atomic E-state index is 13.3. The van der Waals surface area contributed by atoms with Gasteiger partial charge in [-0.2, -0.15) is 0 Å². The number of hydrogen-bond donors (Lipinski definition) is 0. The van der Waals surface area contributed by atoms with E-state index in [9.17, 15) is 4.79 Å². The predicted octanol–water partition coefficient (Wildman–Crippen LogP) is 5.08. The Morgan fingerprint density at radius 1 is 0.966 bits per heavy atom. The van der Waals surface area contributed by atoms with Gasteiger partial charge in [0.2, 0.25) is 5.91 Å². The van der Waals surface area contributed by atoms with Crippen LogP contribution in [0.5, 0.6) is 0 Å². The zero-order chi connectivity index (χ0) is 19.8. The summed E-state index contributed by atoms with van der Waals surface area (Å²) in [6.07, 6.45) is 11.3. The molecule has 5 heteroatoms. The minimum Gasteiger partial charge on any atom is -0.322 e. The Hall–Kier alpha value is -2.27. The molecule has 0 saturated carbocycles. The summed E-state index contributed by atoms with van der Waals surface area (Å²) in [6.45, 7) is 0. The third-order valence-corrected chi connectivity index (χ3v) is 7.40. The number of thioether (sulfide) groups is 1. The highest BCUT2D eigenvalue weighted by Gasteiger charge is 2.28. The van der Waals surface area contributed by atoms with E-state index >= 15 is 0 Å². The molecule has 1 aromatic carbocycles. The van der Waals surface area contributed by atoms with Crippen molar-refractivity contribution in [1.29, 1.82) is 0 Å². The van der Waals surface area contributed by atoms with Gasteiger partial charge < -0.3 is 4.57 Å². The number of rotatable bonds is 4. The van der Waals surface area contributed by atoms with Gasteiger partial charge in [-0.3, -0.25) is 9.36 Å². The van der Waals surface area contributed by atoms with Crippen LogP contribution in [0.1, 0.15) is 53.0 Å². The quantitative estimate of drug-likeness (QED) is 0.568. The highest BCUT2D eigenvalue weighted by Crippen LogP contribution is 2.35. The molecule has 2 aliphatic carbocycles. The van der Waals surface area contributed by atoms with Crippen LogP contribution in [0.4, 0.5) is 0 Å². The van der Waals surface area contributed by atoms with Gasteiger partial charge in [0.25, 0.3) is 0 Å². The molecule has 0 fully saturated rings. The molecule has 4 nitrogen and oxygen atoms in total. The zero-order valence-corrected chi connectivity index (χ0v) is 17.8. The van der Waals surface area contributed by atoms with Crippen LogP contribution in [-0.2, 0) is 32.7 Å². The zero-order valence-electron chi connectivity index (χ0n) is 17.0. The van der Waals surface area contributed by atoms with Crippen LogP contribution >= 0.6 is 11.8 Å². The van der Waals surface area contributed by atoms with E-state index in [0.717, 1.165) is 42.1 Å². The van der Waals surface area contributed by atoms with E-state index in [0.29, 0.717) is 5.75 Å². The van der Waals surface area contributed by atoms with Gasteiger partial charge in [0.15, 0.2) is 5.16 Å². The number of nitrogens with zero attached hydrogens (tertiary/aromatic N) is 3. The lowest BCUT2D eigenvalue weighted by atomic mass is 9.89. The van der Waals surface area contributed by atoms with Gasteiger partial charge in [-0.1, -0.05) is 42.1 Å². The summed E-state index contributed by atoms with van der Waals surface area (Å²) in [5, 5.41) is 0.895. The van der Waals surface area contributed by atoms with Crippen LogP contribution < -0.4 is 0 Å². The minimum atomic E-state index is 0.223. The molecule has 0 bridgehead atoms. The maximum absolute atomic E-state index is 13.3. The molecule has 5 rings (SSSR count). The summed E-state index contributed by atoms with van der Waals surface area (Å²) in [6, 6.07) is 10.3. The molecule has 0 atom stereocenters. The molecule has 29 heavy (non-hydrogen) atoms. The van der Waals surface area contributed by atoms with E-state index in [1.54, 1.807) is 11.8 Å². The molecule has 0 N–H and O–H groups in total. The van der Waals surface area contributed by atoms with Crippen molar-refractivity contribution in [2.75, 3.05) is 5.75 Å². The van der Waals surface area contributed by atoms with E-state index in [4.69, 9.17) is 0 Å². The largest absolute Gasteiger partial charge is 0.322 e. The Balaban J connectivity index is 1.39. The summed E-state index contributed by atoms with van der Waals surface area (Å²) in [7, 11) is 2.03. The lowest BCUT2D eigenvalue weighted by molar-refractivity contribution is 0.0934. The highest BCUT2D eigenvalue weighted by atomic mass is 32.2. The Morgan fingerprint density at radius 2 is 1.59 bits per heavy atom. The van der Waals surface area contributed by atoms with Crippen molar-refractivity contribution in [3.8, 4) is 11.3 Å². The summed E-state index contributed by atoms with van der Waals surface area (Å²) in [5.41, 5.74) is 7.88. The maximum Gasteiger partial charge on any atom is 0.241 e. The first-order valence-electron chi connectivity index (χ1n) is 10.7. The second-order valence-electron chi connectivity index (χ2n) is 8.13. The van der Waals surface area contributed by atoms with Gasteiger partial charge in [-0.25, -0.2) is 4.98 Å². The first-order valence-corrected chi connectivity index (χ1v) is 11.7. The summed E-state index contributed by atoms with van der Waals surface area (Å²) >= 11 is 1.55. The van der Waals surface area contributed by atoms with Gasteiger partial charge in [0.1, 0.15) is 0 Å². The van der Waals surface area contributed by atoms with Crippen molar-refractivity contribution in [3.05, 3.63) is 59.0 Å². The lowest BCUT2D eigenvalue weighted by Crippen LogP contribution is -2.21. The fraction of sp³-hybridized carbons (Fsp3) is 0.417. The van der Waals surface area contributed by atoms with Crippen molar-refractivity contribution in [2.24, 2.45) is 7.05 Å². The smallest absolute Gasteiger partial charge is 0.241 e. The topological polar surface area (TPSA) is 39.8 Å². The van der Waals surface area contributed by atoms with E-state index in [2.05, 4.69) is 26.3 Å². The third kappa shape index (κ3) is 3.35. The van der Waals surface area contributed by atoms with Crippen molar-refractivity contribution < 1.29 is 4.79 Å². The molecule has 0 spiro atoms. The Labute approximate surface area is 176 Å². The van der Waals surface area contributed by atoms with Crippen LogP contribution in [0, 0.1) is 0 Å². The Morgan fingerprint density at radius 3 is 2.24 bits per heavy atom. The number of fused-ring (bicyclic) bond motifs is 3. The molecule has 2 heterocycles. The Bertz CT molecular complexity index is 1010. The average Bonchev–Trinajstić information content (AvgIpc) is 3.30. The van der Waals surface area contributed by atoms with Crippen LogP contribution in [0.25, 0.3) is 11.3 Å². The molecule has 0 amide bonds. The van der Waals surface area contributed by atoms with Crippen molar-refractivity contribution >= 4 is 17.7 Å². The molecule has 150 valence electrons. The van der Waals surface area contributed by atoms with Crippen LogP contribution in [0.2, 0.25) is 0 Å². The van der Waals surface area contributed by atoms with Crippen molar-refractivity contribution in [3.63, 3.8) is 0 Å². The SMILES string of the molecule is Cn1c(-c2ccccc2)cnc1SCC(=O)n1c2c(c3c1CCCC3)CCCC2. The molecular formula is C24H27N3OS. The molecule has 3 aromatic rings. The summed E-state index contributed by atoms with van der Waals surface area (Å²) < 4.78 is 4.20. The fourth-order valence-electron chi connectivity index (χ4n) is 4.98. The first-order chi connectivity index (χ1) is 14.2. The number of carbonyl (C=O) groups excluding carboxylic acids is 1. The van der Waals surface area contributed by atoms with Gasteiger partial charge in [-0.05, 0) is 68.1 Å². The second-order valence-corrected chi connectivity index (χ2v) is 9.08. The van der Waals surface area contributed by atoms with Crippen molar-refractivity contribution in [1.82, 2.24) is 14.1 Å². The standard InChI is InChI=1S/C24H27N3OS/c1-26-22(17-9-3-2-4-10-17)15-25-24(26)29-16-23(28)27-20-13-7-5-11-18(20)19-12-6-8-14-21(19)27/h2-4,9-10,15H,5-8,11-14,16H2,1H3. The average molecular weight is 406 g/mol. The molecule has 2 aromatic heterocycles. The molecule has 0 unspecified atom stereocenters. The van der Waals surface area contributed by atoms with Gasteiger partial charge in [-0.15, -0.1) is 0 Å². The molecule has 0 aliphatic heterocycles. The fourth-order valence-corrected chi connectivity index (χ4v) is 5.78. The lowest BCUT2D eigenvalue weighted by Gasteiger charge is -2.16. The number of imidazole rings is 1. The van der Waals surface area contributed by atoms with Gasteiger partial charge >= 0.3 is 0 Å². The number of carbonyl (C=O) groups is 1.